The zero-order valence-corrected chi connectivity index (χ0v) is 12.3. The van der Waals surface area contributed by atoms with Gasteiger partial charge in [-0.1, -0.05) is 0 Å². The molecule has 0 radical (unpaired) electrons. The topological polar surface area (TPSA) is 85.4 Å². The molecule has 0 saturated carbocycles. The van der Waals surface area contributed by atoms with Gasteiger partial charge in [0.05, 0.1) is 12.7 Å². The number of carbonyl (C=O) groups excluding carboxylic acids is 1. The van der Waals surface area contributed by atoms with Crippen LogP contribution in [0.2, 0.25) is 0 Å². The van der Waals surface area contributed by atoms with Crippen molar-refractivity contribution >= 4 is 11.7 Å². The molecule has 1 aromatic rings. The predicted octanol–water partition coefficient (Wildman–Crippen LogP) is 0.827. The van der Waals surface area contributed by atoms with Gasteiger partial charge in [-0.2, -0.15) is 0 Å². The number of hydrogen-bond donors (Lipinski definition) is 2. The summed E-state index contributed by atoms with van der Waals surface area (Å²) in [5, 5.41) is 5.75. The van der Waals surface area contributed by atoms with Crippen molar-refractivity contribution in [3.8, 4) is 5.88 Å². The SMILES string of the molecule is COCCNC(=O)C(C)Nc1cc(OC(C)C)ncn1. The van der Waals surface area contributed by atoms with Crippen molar-refractivity contribution in [2.75, 3.05) is 25.6 Å². The van der Waals surface area contributed by atoms with E-state index in [2.05, 4.69) is 20.6 Å². The lowest BCUT2D eigenvalue weighted by molar-refractivity contribution is -0.121. The number of hydrogen-bond acceptors (Lipinski definition) is 6. The highest BCUT2D eigenvalue weighted by Crippen LogP contribution is 2.13. The van der Waals surface area contributed by atoms with Crippen LogP contribution in [-0.4, -0.2) is 48.3 Å². The Morgan fingerprint density at radius 2 is 2.10 bits per heavy atom. The molecule has 0 aliphatic rings. The van der Waals surface area contributed by atoms with Crippen LogP contribution in [0.4, 0.5) is 5.82 Å². The summed E-state index contributed by atoms with van der Waals surface area (Å²) in [6.07, 6.45) is 1.43. The Balaban J connectivity index is 2.52. The van der Waals surface area contributed by atoms with Crippen LogP contribution in [0.5, 0.6) is 5.88 Å². The first-order valence-corrected chi connectivity index (χ1v) is 6.54. The van der Waals surface area contributed by atoms with Crippen LogP contribution in [-0.2, 0) is 9.53 Å². The third-order valence-electron chi connectivity index (χ3n) is 2.36. The molecule has 112 valence electrons. The van der Waals surface area contributed by atoms with Gasteiger partial charge in [-0.15, -0.1) is 0 Å². The maximum absolute atomic E-state index is 11.8. The maximum atomic E-state index is 11.8. The first-order valence-electron chi connectivity index (χ1n) is 6.54. The summed E-state index contributed by atoms with van der Waals surface area (Å²) < 4.78 is 10.3. The highest BCUT2D eigenvalue weighted by atomic mass is 16.5. The van der Waals surface area contributed by atoms with E-state index in [1.54, 1.807) is 20.1 Å². The van der Waals surface area contributed by atoms with Gasteiger partial charge >= 0.3 is 0 Å². The van der Waals surface area contributed by atoms with Crippen LogP contribution < -0.4 is 15.4 Å². The van der Waals surface area contributed by atoms with Gasteiger partial charge in [-0.05, 0) is 20.8 Å². The summed E-state index contributed by atoms with van der Waals surface area (Å²) in [4.78, 5) is 19.8. The number of aromatic nitrogens is 2. The zero-order valence-electron chi connectivity index (χ0n) is 12.3. The fraction of sp³-hybridized carbons (Fsp3) is 0.615. The van der Waals surface area contributed by atoms with Gasteiger partial charge in [-0.25, -0.2) is 9.97 Å². The Bertz CT molecular complexity index is 426. The Morgan fingerprint density at radius 1 is 1.35 bits per heavy atom. The monoisotopic (exact) mass is 282 g/mol. The van der Waals surface area contributed by atoms with Crippen molar-refractivity contribution in [1.82, 2.24) is 15.3 Å². The third kappa shape index (κ3) is 5.83. The van der Waals surface area contributed by atoms with Crippen molar-refractivity contribution in [3.05, 3.63) is 12.4 Å². The van der Waals surface area contributed by atoms with Crippen LogP contribution in [0.15, 0.2) is 12.4 Å². The molecule has 0 saturated heterocycles. The number of nitrogens with zero attached hydrogens (tertiary/aromatic N) is 2. The molecule has 1 rings (SSSR count). The third-order valence-corrected chi connectivity index (χ3v) is 2.36. The standard InChI is InChI=1S/C13H22N4O3/c1-9(2)20-12-7-11(15-8-16-12)17-10(3)13(18)14-5-6-19-4/h7-10H,5-6H2,1-4H3,(H,14,18)(H,15,16,17). The lowest BCUT2D eigenvalue weighted by Crippen LogP contribution is -2.39. The number of nitrogens with one attached hydrogen (secondary N) is 2. The summed E-state index contributed by atoms with van der Waals surface area (Å²) in [7, 11) is 1.59. The number of amides is 1. The molecule has 2 N–H and O–H groups in total. The van der Waals surface area contributed by atoms with Gasteiger partial charge in [0, 0.05) is 19.7 Å². The average Bonchev–Trinajstić information content (AvgIpc) is 2.38. The van der Waals surface area contributed by atoms with E-state index in [9.17, 15) is 4.79 Å². The van der Waals surface area contributed by atoms with E-state index in [1.165, 1.54) is 6.33 Å². The Kier molecular flexibility index (Phi) is 6.72. The van der Waals surface area contributed by atoms with Crippen molar-refractivity contribution in [3.63, 3.8) is 0 Å². The fourth-order valence-electron chi connectivity index (χ4n) is 1.44. The molecule has 1 aromatic heterocycles. The van der Waals surface area contributed by atoms with Crippen LogP contribution in [0.3, 0.4) is 0 Å². The Hall–Kier alpha value is -1.89. The van der Waals surface area contributed by atoms with Gasteiger partial charge in [0.15, 0.2) is 0 Å². The molecule has 0 fully saturated rings. The minimum absolute atomic E-state index is 0.0347. The molecule has 7 nitrogen and oxygen atoms in total. The summed E-state index contributed by atoms with van der Waals surface area (Å²) in [5.41, 5.74) is 0. The Labute approximate surface area is 119 Å². The first-order chi connectivity index (χ1) is 9.52. The van der Waals surface area contributed by atoms with E-state index in [0.29, 0.717) is 24.8 Å². The van der Waals surface area contributed by atoms with Crippen LogP contribution in [0.1, 0.15) is 20.8 Å². The molecule has 1 amide bonds. The molecule has 0 bridgehead atoms. The van der Waals surface area contributed by atoms with Crippen molar-refractivity contribution in [2.24, 2.45) is 0 Å². The van der Waals surface area contributed by atoms with E-state index < -0.39 is 6.04 Å². The number of rotatable bonds is 8. The minimum atomic E-state index is -0.409. The second kappa shape index (κ2) is 8.31. The fourth-order valence-corrected chi connectivity index (χ4v) is 1.44. The molecule has 0 spiro atoms. The van der Waals surface area contributed by atoms with Crippen LogP contribution >= 0.6 is 0 Å². The predicted molar refractivity (Wildman–Crippen MR) is 75.8 cm³/mol. The van der Waals surface area contributed by atoms with Crippen molar-refractivity contribution in [1.29, 1.82) is 0 Å². The highest BCUT2D eigenvalue weighted by molar-refractivity contribution is 5.83. The molecule has 1 atom stereocenters. The van der Waals surface area contributed by atoms with Crippen molar-refractivity contribution in [2.45, 2.75) is 32.9 Å². The molecule has 7 heteroatoms. The van der Waals surface area contributed by atoms with Crippen LogP contribution in [0.25, 0.3) is 0 Å². The normalized spacial score (nSPS) is 12.1. The van der Waals surface area contributed by atoms with E-state index in [0.717, 1.165) is 0 Å². The van der Waals surface area contributed by atoms with Gasteiger partial charge < -0.3 is 20.1 Å². The van der Waals surface area contributed by atoms with E-state index in [1.807, 2.05) is 13.8 Å². The Morgan fingerprint density at radius 3 is 2.75 bits per heavy atom. The molecule has 1 unspecified atom stereocenters. The minimum Gasteiger partial charge on any atom is -0.475 e. The zero-order chi connectivity index (χ0) is 15.0. The molecule has 0 aliphatic heterocycles. The quantitative estimate of drug-likeness (QED) is 0.687. The largest absolute Gasteiger partial charge is 0.475 e. The average molecular weight is 282 g/mol. The van der Waals surface area contributed by atoms with Crippen LogP contribution in [0, 0.1) is 0 Å². The number of anilines is 1. The second-order valence-electron chi connectivity index (χ2n) is 4.56. The maximum Gasteiger partial charge on any atom is 0.242 e. The molecular weight excluding hydrogens is 260 g/mol. The first kappa shape index (κ1) is 16.2. The summed E-state index contributed by atoms with van der Waals surface area (Å²) in [6.45, 7) is 6.56. The number of carbonyl (C=O) groups is 1. The van der Waals surface area contributed by atoms with Gasteiger partial charge in [0.2, 0.25) is 11.8 Å². The van der Waals surface area contributed by atoms with Gasteiger partial charge in [-0.3, -0.25) is 4.79 Å². The molecule has 1 heterocycles. The highest BCUT2D eigenvalue weighted by Gasteiger charge is 2.13. The lowest BCUT2D eigenvalue weighted by Gasteiger charge is -2.15. The smallest absolute Gasteiger partial charge is 0.242 e. The summed E-state index contributed by atoms with van der Waals surface area (Å²) in [6, 6.07) is 1.26. The molecule has 20 heavy (non-hydrogen) atoms. The molecular formula is C13H22N4O3. The van der Waals surface area contributed by atoms with E-state index >= 15 is 0 Å². The van der Waals surface area contributed by atoms with Gasteiger partial charge in [0.1, 0.15) is 18.2 Å². The lowest BCUT2D eigenvalue weighted by atomic mass is 10.3. The summed E-state index contributed by atoms with van der Waals surface area (Å²) in [5.74, 6) is 0.904. The summed E-state index contributed by atoms with van der Waals surface area (Å²) >= 11 is 0. The number of methoxy groups -OCH3 is 1. The van der Waals surface area contributed by atoms with E-state index in [-0.39, 0.29) is 12.0 Å². The molecule has 0 aromatic carbocycles. The molecule has 0 aliphatic carbocycles. The van der Waals surface area contributed by atoms with E-state index in [4.69, 9.17) is 9.47 Å². The van der Waals surface area contributed by atoms with Gasteiger partial charge in [0.25, 0.3) is 0 Å². The van der Waals surface area contributed by atoms with Crippen molar-refractivity contribution < 1.29 is 14.3 Å². The number of ether oxygens (including phenoxy) is 2. The second-order valence-corrected chi connectivity index (χ2v) is 4.56.